The molecule has 1 N–H and O–H groups in total. The Bertz CT molecular complexity index is 986. The van der Waals surface area contributed by atoms with Crippen molar-refractivity contribution >= 4 is 17.5 Å². The van der Waals surface area contributed by atoms with Crippen LogP contribution in [0.2, 0.25) is 0 Å². The number of aryl methyl sites for hydroxylation is 1. The van der Waals surface area contributed by atoms with Crippen LogP contribution in [-0.2, 0) is 13.0 Å². The molecule has 0 saturated carbocycles. The van der Waals surface area contributed by atoms with E-state index in [2.05, 4.69) is 10.3 Å². The molecule has 3 aromatic rings. The molecular weight excluding hydrogens is 362 g/mol. The van der Waals surface area contributed by atoms with Crippen molar-refractivity contribution in [1.82, 2.24) is 9.88 Å². The summed E-state index contributed by atoms with van der Waals surface area (Å²) in [4.78, 5) is 31.6. The normalized spacial score (nSPS) is 10.4. The minimum absolute atomic E-state index is 0.123. The van der Waals surface area contributed by atoms with E-state index in [0.29, 0.717) is 18.7 Å². The van der Waals surface area contributed by atoms with Gasteiger partial charge in [-0.2, -0.15) is 0 Å². The highest BCUT2D eigenvalue weighted by molar-refractivity contribution is 6.05. The van der Waals surface area contributed by atoms with Gasteiger partial charge in [0.05, 0.1) is 0 Å². The number of hydrogen-bond acceptors (Lipinski definition) is 3. The Hall–Kier alpha value is -3.47. The molecule has 148 valence electrons. The van der Waals surface area contributed by atoms with Gasteiger partial charge in [-0.15, -0.1) is 0 Å². The lowest BCUT2D eigenvalue weighted by Crippen LogP contribution is -2.30. The van der Waals surface area contributed by atoms with Crippen LogP contribution in [0.4, 0.5) is 5.69 Å². The minimum atomic E-state index is -0.327. The summed E-state index contributed by atoms with van der Waals surface area (Å²) < 4.78 is 0. The molecule has 5 nitrogen and oxygen atoms in total. The van der Waals surface area contributed by atoms with Gasteiger partial charge in [0.1, 0.15) is 5.69 Å². The summed E-state index contributed by atoms with van der Waals surface area (Å²) in [6, 6.07) is 20.7. The highest BCUT2D eigenvalue weighted by Crippen LogP contribution is 2.17. The Morgan fingerprint density at radius 1 is 0.966 bits per heavy atom. The van der Waals surface area contributed by atoms with Crippen LogP contribution < -0.4 is 5.32 Å². The average Bonchev–Trinajstić information content (AvgIpc) is 2.78. The third-order valence-electron chi connectivity index (χ3n) is 4.77. The molecule has 0 aliphatic carbocycles. The summed E-state index contributed by atoms with van der Waals surface area (Å²) in [5, 5.41) is 2.90. The van der Waals surface area contributed by atoms with Crippen LogP contribution in [0.25, 0.3) is 0 Å². The zero-order chi connectivity index (χ0) is 20.6. The summed E-state index contributed by atoms with van der Waals surface area (Å²) >= 11 is 0. The minimum Gasteiger partial charge on any atom is -0.335 e. The second kappa shape index (κ2) is 9.64. The fourth-order valence-corrected chi connectivity index (χ4v) is 3.14. The Balaban J connectivity index is 1.77. The second-order valence-corrected chi connectivity index (χ2v) is 6.70. The van der Waals surface area contributed by atoms with Crippen molar-refractivity contribution in [2.75, 3.05) is 11.9 Å². The van der Waals surface area contributed by atoms with Crippen LogP contribution in [0.5, 0.6) is 0 Å². The quantitative estimate of drug-likeness (QED) is 0.646. The fourth-order valence-electron chi connectivity index (χ4n) is 3.14. The van der Waals surface area contributed by atoms with E-state index in [1.54, 1.807) is 17.0 Å². The van der Waals surface area contributed by atoms with Gasteiger partial charge < -0.3 is 10.2 Å². The third-order valence-corrected chi connectivity index (χ3v) is 4.77. The molecule has 5 heteroatoms. The van der Waals surface area contributed by atoms with Gasteiger partial charge in [0, 0.05) is 30.5 Å². The van der Waals surface area contributed by atoms with E-state index in [4.69, 9.17) is 0 Å². The van der Waals surface area contributed by atoms with Crippen LogP contribution in [0.3, 0.4) is 0 Å². The number of anilines is 1. The van der Waals surface area contributed by atoms with Crippen molar-refractivity contribution in [3.63, 3.8) is 0 Å². The van der Waals surface area contributed by atoms with E-state index >= 15 is 0 Å². The summed E-state index contributed by atoms with van der Waals surface area (Å²) in [7, 11) is 0. The standard InChI is InChI=1S/C24H25N3O2/c1-3-19-12-8-9-13-21(19)26-23(28)22-16-20(14-15-25-22)24(29)27(4-2)17-18-10-6-5-7-11-18/h5-16H,3-4,17H2,1-2H3,(H,26,28). The van der Waals surface area contributed by atoms with Crippen molar-refractivity contribution in [2.45, 2.75) is 26.8 Å². The average molecular weight is 387 g/mol. The van der Waals surface area contributed by atoms with Gasteiger partial charge in [-0.25, -0.2) is 0 Å². The number of carbonyl (C=O) groups is 2. The molecule has 1 aromatic heterocycles. The maximum absolute atomic E-state index is 13.0. The van der Waals surface area contributed by atoms with Gasteiger partial charge in [0.2, 0.25) is 0 Å². The van der Waals surface area contributed by atoms with Crippen molar-refractivity contribution in [3.05, 3.63) is 95.3 Å². The SMILES string of the molecule is CCc1ccccc1NC(=O)c1cc(C(=O)N(CC)Cc2ccccc2)ccn1. The predicted molar refractivity (Wildman–Crippen MR) is 115 cm³/mol. The molecule has 2 amide bonds. The molecule has 0 aliphatic rings. The number of rotatable bonds is 7. The van der Waals surface area contributed by atoms with Gasteiger partial charge in [-0.05, 0) is 42.7 Å². The molecule has 0 radical (unpaired) electrons. The number of aromatic nitrogens is 1. The molecule has 1 heterocycles. The largest absolute Gasteiger partial charge is 0.335 e. The molecule has 0 aliphatic heterocycles. The van der Waals surface area contributed by atoms with Crippen LogP contribution in [0.1, 0.15) is 45.8 Å². The first-order valence-corrected chi connectivity index (χ1v) is 9.80. The van der Waals surface area contributed by atoms with Gasteiger partial charge in [-0.3, -0.25) is 14.6 Å². The molecule has 0 fully saturated rings. The number of hydrogen-bond donors (Lipinski definition) is 1. The third kappa shape index (κ3) is 5.08. The number of nitrogens with one attached hydrogen (secondary N) is 1. The molecule has 29 heavy (non-hydrogen) atoms. The molecule has 0 atom stereocenters. The summed E-state index contributed by atoms with van der Waals surface area (Å²) in [5.74, 6) is -0.451. The lowest BCUT2D eigenvalue weighted by molar-refractivity contribution is 0.0752. The van der Waals surface area contributed by atoms with Crippen LogP contribution in [0.15, 0.2) is 72.9 Å². The van der Waals surface area contributed by atoms with Crippen LogP contribution in [-0.4, -0.2) is 28.2 Å². The number of para-hydroxylation sites is 1. The molecule has 3 rings (SSSR count). The monoisotopic (exact) mass is 387 g/mol. The van der Waals surface area contributed by atoms with Crippen molar-refractivity contribution in [1.29, 1.82) is 0 Å². The first-order valence-electron chi connectivity index (χ1n) is 9.80. The lowest BCUT2D eigenvalue weighted by atomic mass is 10.1. The first kappa shape index (κ1) is 20.3. The molecule has 2 aromatic carbocycles. The number of amides is 2. The second-order valence-electron chi connectivity index (χ2n) is 6.70. The summed E-state index contributed by atoms with van der Waals surface area (Å²) in [6.45, 7) is 5.07. The Labute approximate surface area is 171 Å². The molecule has 0 spiro atoms. The Morgan fingerprint density at radius 2 is 1.69 bits per heavy atom. The zero-order valence-corrected chi connectivity index (χ0v) is 16.8. The number of benzene rings is 2. The van der Waals surface area contributed by atoms with Crippen molar-refractivity contribution < 1.29 is 9.59 Å². The maximum Gasteiger partial charge on any atom is 0.274 e. The van der Waals surface area contributed by atoms with Crippen molar-refractivity contribution in [3.8, 4) is 0 Å². The van der Waals surface area contributed by atoms with Crippen LogP contribution >= 0.6 is 0 Å². The summed E-state index contributed by atoms with van der Waals surface area (Å²) in [6.07, 6.45) is 2.32. The first-order chi connectivity index (χ1) is 14.1. The smallest absolute Gasteiger partial charge is 0.274 e. The van der Waals surface area contributed by atoms with Crippen LogP contribution in [0, 0.1) is 0 Å². The van der Waals surface area contributed by atoms with Gasteiger partial charge >= 0.3 is 0 Å². The molecular formula is C24H25N3O2. The zero-order valence-electron chi connectivity index (χ0n) is 16.8. The summed E-state index contributed by atoms with van der Waals surface area (Å²) in [5.41, 5.74) is 3.54. The van der Waals surface area contributed by atoms with Gasteiger partial charge in [-0.1, -0.05) is 55.5 Å². The van der Waals surface area contributed by atoms with Crippen molar-refractivity contribution in [2.24, 2.45) is 0 Å². The highest BCUT2D eigenvalue weighted by Gasteiger charge is 2.17. The Kier molecular flexibility index (Phi) is 6.74. The highest BCUT2D eigenvalue weighted by atomic mass is 16.2. The van der Waals surface area contributed by atoms with E-state index in [0.717, 1.165) is 23.2 Å². The topological polar surface area (TPSA) is 62.3 Å². The molecule has 0 bridgehead atoms. The van der Waals surface area contributed by atoms with E-state index < -0.39 is 0 Å². The van der Waals surface area contributed by atoms with Gasteiger partial charge in [0.25, 0.3) is 11.8 Å². The van der Waals surface area contributed by atoms with Gasteiger partial charge in [0.15, 0.2) is 0 Å². The Morgan fingerprint density at radius 3 is 2.41 bits per heavy atom. The number of pyridine rings is 1. The number of carbonyl (C=O) groups excluding carboxylic acids is 2. The van der Waals surface area contributed by atoms with E-state index in [9.17, 15) is 9.59 Å². The fraction of sp³-hybridized carbons (Fsp3) is 0.208. The molecule has 0 unspecified atom stereocenters. The lowest BCUT2D eigenvalue weighted by Gasteiger charge is -2.21. The number of nitrogens with zero attached hydrogens (tertiary/aromatic N) is 2. The maximum atomic E-state index is 13.0. The predicted octanol–water partition coefficient (Wildman–Crippen LogP) is 4.56. The molecule has 0 saturated heterocycles. The van der Waals surface area contributed by atoms with E-state index in [1.165, 1.54) is 6.20 Å². The van der Waals surface area contributed by atoms with E-state index in [-0.39, 0.29) is 17.5 Å². The van der Waals surface area contributed by atoms with E-state index in [1.807, 2.05) is 68.4 Å².